The van der Waals surface area contributed by atoms with Crippen molar-refractivity contribution in [1.82, 2.24) is 10.6 Å². The van der Waals surface area contributed by atoms with Crippen molar-refractivity contribution in [3.05, 3.63) is 0 Å². The van der Waals surface area contributed by atoms with Gasteiger partial charge in [0.25, 0.3) is 0 Å². The molecule has 0 aromatic heterocycles. The molecule has 2 unspecified atom stereocenters. The number of hydrogen-bond acceptors (Lipinski definition) is 4. The predicted octanol–water partition coefficient (Wildman–Crippen LogP) is 3.74. The first-order chi connectivity index (χ1) is 12.4. The van der Waals surface area contributed by atoms with Crippen molar-refractivity contribution in [2.75, 3.05) is 13.1 Å². The summed E-state index contributed by atoms with van der Waals surface area (Å²) in [5.74, 6) is 1.83. The van der Waals surface area contributed by atoms with Crippen LogP contribution in [-0.4, -0.2) is 50.8 Å². The minimum atomic E-state index is -0.0123. The van der Waals surface area contributed by atoms with Gasteiger partial charge in [0.2, 0.25) is 11.8 Å². The molecule has 0 fully saturated rings. The zero-order chi connectivity index (χ0) is 21.8. The van der Waals surface area contributed by atoms with Crippen LogP contribution < -0.4 is 10.6 Å². The second-order valence-corrected chi connectivity index (χ2v) is 12.4. The van der Waals surface area contributed by atoms with Crippen LogP contribution in [0.4, 0.5) is 0 Å². The molecule has 2 atom stereocenters. The molecule has 7 heteroatoms. The van der Waals surface area contributed by atoms with Crippen LogP contribution in [0.3, 0.4) is 0 Å². The standard InChI is InChI=1S/C10H22Ge.2C5H11NOS/c1-9(2)5-7-11-8-6-10(3)4;2*1-4(8)3-6-5(2)7/h9-10H,5-8H2,1-4H3;2*4,8H,3H2,1-2H3,(H,6,7)/p-2. The summed E-state index contributed by atoms with van der Waals surface area (Å²) < 4.78 is 0. The van der Waals surface area contributed by atoms with Crippen LogP contribution in [0, 0.1) is 11.8 Å². The molecule has 2 amide bonds. The molecule has 0 aromatic rings. The fourth-order valence-corrected chi connectivity index (χ4v) is 5.45. The molecule has 0 aliphatic heterocycles. The van der Waals surface area contributed by atoms with Crippen molar-refractivity contribution in [3.8, 4) is 0 Å². The number of carbonyl (C=O) groups is 2. The van der Waals surface area contributed by atoms with E-state index in [2.05, 4.69) is 38.3 Å². The average Bonchev–Trinajstić information content (AvgIpc) is 2.51. The van der Waals surface area contributed by atoms with Crippen molar-refractivity contribution < 1.29 is 9.59 Å². The van der Waals surface area contributed by atoms with Gasteiger partial charge in [-0.1, -0.05) is 13.8 Å². The summed E-state index contributed by atoms with van der Waals surface area (Å²) in [6.45, 7) is 17.2. The van der Waals surface area contributed by atoms with Crippen molar-refractivity contribution in [2.45, 2.75) is 89.2 Å². The third-order valence-corrected chi connectivity index (χ3v) is 6.10. The average molecular weight is 479 g/mol. The van der Waals surface area contributed by atoms with Gasteiger partial charge in [0.05, 0.1) is 0 Å². The van der Waals surface area contributed by atoms with E-state index in [1.165, 1.54) is 26.7 Å². The molecule has 0 aliphatic carbocycles. The molecule has 0 heterocycles. The van der Waals surface area contributed by atoms with Crippen LogP contribution in [0.25, 0.3) is 0 Å². The van der Waals surface area contributed by atoms with E-state index in [-0.39, 0.29) is 22.3 Å². The maximum absolute atomic E-state index is 10.2. The Morgan fingerprint density at radius 2 is 1.04 bits per heavy atom. The molecule has 0 rings (SSSR count). The van der Waals surface area contributed by atoms with E-state index in [4.69, 9.17) is 25.3 Å². The second kappa shape index (κ2) is 22.5. The maximum atomic E-state index is 10.2. The Labute approximate surface area is 186 Å². The molecule has 0 saturated heterocycles. The first kappa shape index (κ1) is 31.9. The van der Waals surface area contributed by atoms with E-state index in [0.29, 0.717) is 28.5 Å². The number of amides is 2. The first-order valence-corrected chi connectivity index (χ1v) is 13.8. The van der Waals surface area contributed by atoms with Crippen molar-refractivity contribution in [2.24, 2.45) is 11.8 Å². The van der Waals surface area contributed by atoms with Crippen molar-refractivity contribution >= 4 is 52.5 Å². The van der Waals surface area contributed by atoms with Gasteiger partial charge >= 0.3 is 78.3 Å². The Balaban J connectivity index is -0.000000327. The van der Waals surface area contributed by atoms with Gasteiger partial charge < -0.3 is 35.9 Å². The zero-order valence-corrected chi connectivity index (χ0v) is 22.4. The molecule has 0 bridgehead atoms. The van der Waals surface area contributed by atoms with E-state index in [0.717, 1.165) is 11.8 Å². The minimum absolute atomic E-state index is 0.0123. The third kappa shape index (κ3) is 46.3. The summed E-state index contributed by atoms with van der Waals surface area (Å²) in [6, 6.07) is 0. The molecular weight excluding hydrogens is 437 g/mol. The van der Waals surface area contributed by atoms with E-state index in [9.17, 15) is 9.59 Å². The molecule has 4 nitrogen and oxygen atoms in total. The Bertz CT molecular complexity index is 321. The fraction of sp³-hybridized carbons (Fsp3) is 0.900. The van der Waals surface area contributed by atoms with Gasteiger partial charge in [-0.2, -0.15) is 0 Å². The number of carbonyl (C=O) groups excluding carboxylic acids is 2. The summed E-state index contributed by atoms with van der Waals surface area (Å²) in [4.78, 5) is 20.4. The first-order valence-electron chi connectivity index (χ1n) is 9.89. The van der Waals surface area contributed by atoms with E-state index in [1.807, 2.05) is 13.8 Å². The fourth-order valence-electron chi connectivity index (χ4n) is 1.48. The van der Waals surface area contributed by atoms with Gasteiger partial charge in [-0.15, -0.1) is 10.5 Å². The molecule has 0 spiro atoms. The van der Waals surface area contributed by atoms with Gasteiger partial charge in [0.15, 0.2) is 0 Å². The van der Waals surface area contributed by atoms with Crippen LogP contribution >= 0.6 is 0 Å². The predicted molar refractivity (Wildman–Crippen MR) is 125 cm³/mol. The van der Waals surface area contributed by atoms with E-state index in [1.54, 1.807) is 10.5 Å². The van der Waals surface area contributed by atoms with Crippen LogP contribution in [0.2, 0.25) is 10.5 Å². The Kier molecular flexibility index (Phi) is 26.5. The quantitative estimate of drug-likeness (QED) is 0.285. The van der Waals surface area contributed by atoms with Crippen molar-refractivity contribution in [3.63, 3.8) is 0 Å². The van der Waals surface area contributed by atoms with Gasteiger partial charge in [0, 0.05) is 13.8 Å². The number of hydrogen-bond donors (Lipinski definition) is 2. The molecule has 0 aliphatic rings. The third-order valence-electron chi connectivity index (χ3n) is 3.07. The SMILES string of the molecule is CC(=O)NCC(C)[S-].CC(=O)NCC(C)[S-].CC(C)C[CH2][Ge][CH2]CC(C)C. The molecular formula is C20H42GeN2O2S2-2. The van der Waals surface area contributed by atoms with E-state index < -0.39 is 0 Å². The normalized spacial score (nSPS) is 12.3. The van der Waals surface area contributed by atoms with Crippen LogP contribution in [-0.2, 0) is 34.8 Å². The van der Waals surface area contributed by atoms with Crippen LogP contribution in [0.5, 0.6) is 0 Å². The zero-order valence-electron chi connectivity index (χ0n) is 18.7. The van der Waals surface area contributed by atoms with Gasteiger partial charge in [-0.3, -0.25) is 9.59 Å². The van der Waals surface area contributed by atoms with E-state index >= 15 is 0 Å². The number of rotatable bonds is 10. The summed E-state index contributed by atoms with van der Waals surface area (Å²) in [7, 11) is 0. The van der Waals surface area contributed by atoms with Gasteiger partial charge in [-0.05, 0) is 13.1 Å². The molecule has 0 saturated carbocycles. The molecule has 0 aromatic carbocycles. The molecule has 27 heavy (non-hydrogen) atoms. The second-order valence-electron chi connectivity index (χ2n) is 7.61. The summed E-state index contributed by atoms with van der Waals surface area (Å²) in [6.07, 6.45) is 2.94. The topological polar surface area (TPSA) is 58.2 Å². The molecule has 162 valence electrons. The van der Waals surface area contributed by atoms with Gasteiger partial charge in [-0.25, -0.2) is 0 Å². The molecule has 2 N–H and O–H groups in total. The number of nitrogens with one attached hydrogen (secondary N) is 2. The van der Waals surface area contributed by atoms with Crippen LogP contribution in [0.15, 0.2) is 0 Å². The monoisotopic (exact) mass is 480 g/mol. The van der Waals surface area contributed by atoms with Crippen molar-refractivity contribution in [1.29, 1.82) is 0 Å². The molecule has 2 radical (unpaired) electrons. The summed E-state index contributed by atoms with van der Waals surface area (Å²) >= 11 is 10.0. The van der Waals surface area contributed by atoms with Gasteiger partial charge in [0.1, 0.15) is 0 Å². The summed E-state index contributed by atoms with van der Waals surface area (Å²) in [5, 5.41) is 8.60. The Hall–Kier alpha value is 0.183. The Morgan fingerprint density at radius 3 is 1.19 bits per heavy atom. The Morgan fingerprint density at radius 1 is 0.741 bits per heavy atom. The summed E-state index contributed by atoms with van der Waals surface area (Å²) in [5.41, 5.74) is 0. The van der Waals surface area contributed by atoms with Crippen LogP contribution in [0.1, 0.15) is 68.2 Å².